The van der Waals surface area contributed by atoms with Gasteiger partial charge in [-0.25, -0.2) is 8.78 Å². The van der Waals surface area contributed by atoms with Crippen molar-refractivity contribution < 1.29 is 13.5 Å². The summed E-state index contributed by atoms with van der Waals surface area (Å²) in [6, 6.07) is 4.94. The Kier molecular flexibility index (Phi) is 4.31. The lowest BCUT2D eigenvalue weighted by Gasteiger charge is -2.16. The van der Waals surface area contributed by atoms with Gasteiger partial charge in [-0.1, -0.05) is 0 Å². The molecule has 0 radical (unpaired) electrons. The minimum Gasteiger partial charge on any atom is -0.483 e. The minimum absolute atomic E-state index is 0.132. The van der Waals surface area contributed by atoms with Crippen LogP contribution in [-0.4, -0.2) is 6.54 Å². The Hall–Kier alpha value is -0.980. The van der Waals surface area contributed by atoms with Gasteiger partial charge in [0, 0.05) is 39.5 Å². The molecular formula is C12H10BrF2NOS. The fourth-order valence-corrected chi connectivity index (χ4v) is 2.97. The summed E-state index contributed by atoms with van der Waals surface area (Å²) in [7, 11) is 0. The molecule has 0 amide bonds. The molecule has 2 aromatic rings. The molecule has 1 atom stereocenters. The lowest BCUT2D eigenvalue weighted by Crippen LogP contribution is -2.17. The van der Waals surface area contributed by atoms with E-state index in [-0.39, 0.29) is 12.3 Å². The smallest absolute Gasteiger partial charge is 0.145 e. The first-order valence-electron chi connectivity index (χ1n) is 5.15. The summed E-state index contributed by atoms with van der Waals surface area (Å²) in [5, 5.41) is 1.90. The minimum atomic E-state index is -0.673. The molecule has 2 nitrogen and oxygen atoms in total. The van der Waals surface area contributed by atoms with Gasteiger partial charge in [0.25, 0.3) is 0 Å². The highest BCUT2D eigenvalue weighted by atomic mass is 79.9. The number of hydrogen-bond acceptors (Lipinski definition) is 3. The van der Waals surface area contributed by atoms with Crippen LogP contribution in [0.4, 0.5) is 8.78 Å². The Bertz CT molecular complexity index is 526. The van der Waals surface area contributed by atoms with Crippen LogP contribution in [0, 0.1) is 11.6 Å². The van der Waals surface area contributed by atoms with Gasteiger partial charge in [-0.15, -0.1) is 11.3 Å². The van der Waals surface area contributed by atoms with Crippen molar-refractivity contribution in [3.8, 4) is 5.75 Å². The zero-order chi connectivity index (χ0) is 13.1. The third-order valence-corrected chi connectivity index (χ3v) is 4.02. The molecule has 0 saturated heterocycles. The highest BCUT2D eigenvalue weighted by Gasteiger charge is 2.14. The number of ether oxygens (including phenoxy) is 1. The fourth-order valence-electron chi connectivity index (χ4n) is 1.48. The molecular weight excluding hydrogens is 324 g/mol. The molecule has 18 heavy (non-hydrogen) atoms. The lowest BCUT2D eigenvalue weighted by atomic mass is 10.2. The number of benzene rings is 1. The summed E-state index contributed by atoms with van der Waals surface area (Å²) >= 11 is 4.80. The van der Waals surface area contributed by atoms with E-state index < -0.39 is 17.7 Å². The summed E-state index contributed by atoms with van der Waals surface area (Å²) in [5.41, 5.74) is 5.62. The number of thiophene rings is 1. The van der Waals surface area contributed by atoms with E-state index in [1.54, 1.807) is 0 Å². The van der Waals surface area contributed by atoms with Gasteiger partial charge < -0.3 is 10.5 Å². The van der Waals surface area contributed by atoms with E-state index >= 15 is 0 Å². The van der Waals surface area contributed by atoms with E-state index in [1.807, 2.05) is 11.4 Å². The Morgan fingerprint density at radius 2 is 1.89 bits per heavy atom. The molecule has 2 rings (SSSR count). The number of halogens is 3. The monoisotopic (exact) mass is 333 g/mol. The molecule has 0 fully saturated rings. The molecule has 1 heterocycles. The Morgan fingerprint density at radius 3 is 2.39 bits per heavy atom. The summed E-state index contributed by atoms with van der Waals surface area (Å²) in [4.78, 5) is 0.897. The second-order valence-corrected chi connectivity index (χ2v) is 5.47. The van der Waals surface area contributed by atoms with Crippen molar-refractivity contribution in [1.82, 2.24) is 0 Å². The number of hydrogen-bond donors (Lipinski definition) is 1. The quantitative estimate of drug-likeness (QED) is 0.921. The standard InChI is InChI=1S/C12H10BrF2NOS/c13-7-1-12(18-6-7)11(5-16)17-10-3-8(14)2-9(15)4-10/h1-4,6,11H,5,16H2. The van der Waals surface area contributed by atoms with Gasteiger partial charge in [-0.05, 0) is 22.0 Å². The van der Waals surface area contributed by atoms with Gasteiger partial charge >= 0.3 is 0 Å². The molecule has 96 valence electrons. The molecule has 0 saturated carbocycles. The topological polar surface area (TPSA) is 35.2 Å². The molecule has 1 unspecified atom stereocenters. The SMILES string of the molecule is NCC(Oc1cc(F)cc(F)c1)c1cc(Br)cs1. The molecule has 0 spiro atoms. The van der Waals surface area contributed by atoms with Crippen molar-refractivity contribution in [3.05, 3.63) is 50.6 Å². The molecule has 0 aliphatic heterocycles. The maximum absolute atomic E-state index is 13.0. The average Bonchev–Trinajstić information content (AvgIpc) is 2.71. The summed E-state index contributed by atoms with van der Waals surface area (Å²) in [6.45, 7) is 0.227. The first kappa shape index (κ1) is 13.5. The van der Waals surface area contributed by atoms with E-state index in [2.05, 4.69) is 15.9 Å². The van der Waals surface area contributed by atoms with Crippen molar-refractivity contribution in [1.29, 1.82) is 0 Å². The second kappa shape index (κ2) is 5.77. The highest BCUT2D eigenvalue weighted by Crippen LogP contribution is 2.29. The van der Waals surface area contributed by atoms with Gasteiger partial charge in [0.15, 0.2) is 0 Å². The molecule has 1 aromatic carbocycles. The lowest BCUT2D eigenvalue weighted by molar-refractivity contribution is 0.216. The third-order valence-electron chi connectivity index (χ3n) is 2.23. The molecule has 0 aliphatic carbocycles. The first-order valence-corrected chi connectivity index (χ1v) is 6.82. The number of rotatable bonds is 4. The average molecular weight is 334 g/mol. The van der Waals surface area contributed by atoms with Gasteiger partial charge in [0.2, 0.25) is 0 Å². The highest BCUT2D eigenvalue weighted by molar-refractivity contribution is 9.10. The fraction of sp³-hybridized carbons (Fsp3) is 0.167. The van der Waals surface area contributed by atoms with Crippen LogP contribution in [0.25, 0.3) is 0 Å². The van der Waals surface area contributed by atoms with Crippen LogP contribution in [0.15, 0.2) is 34.1 Å². The van der Waals surface area contributed by atoms with Gasteiger partial charge in [0.1, 0.15) is 23.5 Å². The van der Waals surface area contributed by atoms with Crippen LogP contribution < -0.4 is 10.5 Å². The van der Waals surface area contributed by atoms with Gasteiger partial charge in [-0.2, -0.15) is 0 Å². The third kappa shape index (κ3) is 3.28. The second-order valence-electron chi connectivity index (χ2n) is 3.61. The molecule has 0 aliphatic rings. The van der Waals surface area contributed by atoms with Crippen LogP contribution in [0.2, 0.25) is 0 Å². The Labute approximate surface area is 116 Å². The maximum Gasteiger partial charge on any atom is 0.145 e. The maximum atomic E-state index is 13.0. The van der Waals surface area contributed by atoms with E-state index in [0.717, 1.165) is 27.5 Å². The van der Waals surface area contributed by atoms with Crippen molar-refractivity contribution in [2.24, 2.45) is 5.73 Å². The Morgan fingerprint density at radius 1 is 1.22 bits per heavy atom. The predicted octanol–water partition coefficient (Wildman–Crippen LogP) is 3.87. The van der Waals surface area contributed by atoms with Crippen LogP contribution in [0.3, 0.4) is 0 Å². The van der Waals surface area contributed by atoms with E-state index in [1.165, 1.54) is 11.3 Å². The van der Waals surface area contributed by atoms with Crippen LogP contribution >= 0.6 is 27.3 Å². The summed E-state index contributed by atoms with van der Waals surface area (Å²) in [6.07, 6.45) is -0.414. The normalized spacial score (nSPS) is 12.4. The molecule has 2 N–H and O–H groups in total. The Balaban J connectivity index is 2.20. The van der Waals surface area contributed by atoms with E-state index in [0.29, 0.717) is 0 Å². The van der Waals surface area contributed by atoms with Crippen molar-refractivity contribution in [2.75, 3.05) is 6.54 Å². The number of nitrogens with two attached hydrogens (primary N) is 1. The zero-order valence-corrected chi connectivity index (χ0v) is 11.6. The van der Waals surface area contributed by atoms with Crippen molar-refractivity contribution in [2.45, 2.75) is 6.10 Å². The van der Waals surface area contributed by atoms with Crippen LogP contribution in [-0.2, 0) is 0 Å². The molecule has 1 aromatic heterocycles. The van der Waals surface area contributed by atoms with Crippen molar-refractivity contribution in [3.63, 3.8) is 0 Å². The van der Waals surface area contributed by atoms with E-state index in [9.17, 15) is 8.78 Å². The zero-order valence-electron chi connectivity index (χ0n) is 9.20. The molecule has 6 heteroatoms. The van der Waals surface area contributed by atoms with Crippen molar-refractivity contribution >= 4 is 27.3 Å². The first-order chi connectivity index (χ1) is 8.58. The predicted molar refractivity (Wildman–Crippen MR) is 70.8 cm³/mol. The van der Waals surface area contributed by atoms with Gasteiger partial charge in [-0.3, -0.25) is 0 Å². The summed E-state index contributed by atoms with van der Waals surface area (Å²) < 4.78 is 32.5. The van der Waals surface area contributed by atoms with E-state index in [4.69, 9.17) is 10.5 Å². The molecule has 0 bridgehead atoms. The van der Waals surface area contributed by atoms with Crippen LogP contribution in [0.5, 0.6) is 5.75 Å². The van der Waals surface area contributed by atoms with Gasteiger partial charge in [0.05, 0.1) is 0 Å². The summed E-state index contributed by atoms with van der Waals surface area (Å²) in [5.74, 6) is -1.21. The largest absolute Gasteiger partial charge is 0.483 e. The van der Waals surface area contributed by atoms with Crippen LogP contribution in [0.1, 0.15) is 11.0 Å².